The molecule has 0 aliphatic heterocycles. The van der Waals surface area contributed by atoms with Crippen LogP contribution in [0, 0.1) is 20.8 Å². The van der Waals surface area contributed by atoms with Crippen molar-refractivity contribution in [2.75, 3.05) is 13.1 Å². The summed E-state index contributed by atoms with van der Waals surface area (Å²) < 4.78 is 0. The minimum atomic E-state index is -0.922. The fraction of sp³-hybridized carbons (Fsp3) is 0.462. The van der Waals surface area contributed by atoms with Gasteiger partial charge in [0.1, 0.15) is 0 Å². The zero-order valence-electron chi connectivity index (χ0n) is 10.4. The van der Waals surface area contributed by atoms with Crippen molar-refractivity contribution in [2.45, 2.75) is 26.9 Å². The topological polar surface area (TPSA) is 69.6 Å². The summed E-state index contributed by atoms with van der Waals surface area (Å²) in [5.74, 6) is -0.922. The number of aliphatic hydroxyl groups excluding tert-OH is 1. The summed E-state index contributed by atoms with van der Waals surface area (Å²) in [6.07, 6.45) is -0.671. The van der Waals surface area contributed by atoms with Crippen molar-refractivity contribution in [3.05, 3.63) is 34.4 Å². The van der Waals surface area contributed by atoms with Gasteiger partial charge in [-0.05, 0) is 37.5 Å². The number of carboxylic acids is 1. The summed E-state index contributed by atoms with van der Waals surface area (Å²) in [6.45, 7) is 6.03. The first-order chi connectivity index (χ1) is 7.91. The van der Waals surface area contributed by atoms with Gasteiger partial charge in [0.25, 0.3) is 0 Å². The van der Waals surface area contributed by atoms with Crippen LogP contribution in [0.15, 0.2) is 12.1 Å². The number of carboxylic acid groups (broad SMARTS) is 1. The summed E-state index contributed by atoms with van der Waals surface area (Å²) in [5, 5.41) is 21.2. The molecule has 1 unspecified atom stereocenters. The molecular weight excluding hydrogens is 218 g/mol. The Morgan fingerprint density at radius 3 is 2.29 bits per heavy atom. The standard InChI is InChI=1S/C13H19NO3/c1-8-4-9(2)13(10(3)5-8)11(15)6-14-7-12(16)17/h4-5,11,14-15H,6-7H2,1-3H3,(H,16,17). The molecule has 0 saturated carbocycles. The van der Waals surface area contributed by atoms with Gasteiger partial charge in [0, 0.05) is 6.54 Å². The molecule has 1 rings (SSSR count). The van der Waals surface area contributed by atoms with Crippen LogP contribution in [-0.2, 0) is 4.79 Å². The van der Waals surface area contributed by atoms with Crippen LogP contribution in [0.3, 0.4) is 0 Å². The lowest BCUT2D eigenvalue weighted by molar-refractivity contribution is -0.136. The highest BCUT2D eigenvalue weighted by atomic mass is 16.4. The van der Waals surface area contributed by atoms with E-state index in [1.807, 2.05) is 32.9 Å². The van der Waals surface area contributed by atoms with E-state index in [1.165, 1.54) is 0 Å². The van der Waals surface area contributed by atoms with Crippen LogP contribution in [0.25, 0.3) is 0 Å². The summed E-state index contributed by atoms with van der Waals surface area (Å²) in [6, 6.07) is 4.03. The van der Waals surface area contributed by atoms with Crippen molar-refractivity contribution in [3.63, 3.8) is 0 Å². The maximum absolute atomic E-state index is 10.4. The van der Waals surface area contributed by atoms with E-state index in [0.717, 1.165) is 22.3 Å². The zero-order valence-corrected chi connectivity index (χ0v) is 10.4. The van der Waals surface area contributed by atoms with Crippen LogP contribution in [0.5, 0.6) is 0 Å². The summed E-state index contributed by atoms with van der Waals surface area (Å²) in [4.78, 5) is 10.4. The molecule has 0 aliphatic carbocycles. The smallest absolute Gasteiger partial charge is 0.317 e. The first kappa shape index (κ1) is 13.7. The minimum absolute atomic E-state index is 0.138. The van der Waals surface area contributed by atoms with E-state index in [4.69, 9.17) is 5.11 Å². The normalized spacial score (nSPS) is 12.5. The second-order valence-corrected chi connectivity index (χ2v) is 4.35. The average molecular weight is 237 g/mol. The van der Waals surface area contributed by atoms with E-state index in [9.17, 15) is 9.90 Å². The van der Waals surface area contributed by atoms with Crippen LogP contribution in [0.2, 0.25) is 0 Å². The molecule has 0 heterocycles. The molecule has 4 nitrogen and oxygen atoms in total. The largest absolute Gasteiger partial charge is 0.480 e. The number of hydrogen-bond acceptors (Lipinski definition) is 3. The van der Waals surface area contributed by atoms with Crippen molar-refractivity contribution in [1.29, 1.82) is 0 Å². The molecule has 0 aromatic heterocycles. The van der Waals surface area contributed by atoms with Crippen LogP contribution < -0.4 is 5.32 Å². The molecule has 1 aromatic rings. The number of aliphatic hydroxyl groups is 1. The monoisotopic (exact) mass is 237 g/mol. The quantitative estimate of drug-likeness (QED) is 0.722. The number of aliphatic carboxylic acids is 1. The molecule has 17 heavy (non-hydrogen) atoms. The highest BCUT2D eigenvalue weighted by Gasteiger charge is 2.13. The van der Waals surface area contributed by atoms with Gasteiger partial charge in [-0.15, -0.1) is 0 Å². The first-order valence-electron chi connectivity index (χ1n) is 5.60. The summed E-state index contributed by atoms with van der Waals surface area (Å²) in [7, 11) is 0. The number of hydrogen-bond donors (Lipinski definition) is 3. The number of nitrogens with one attached hydrogen (secondary N) is 1. The first-order valence-corrected chi connectivity index (χ1v) is 5.60. The Balaban J connectivity index is 2.75. The molecule has 0 bridgehead atoms. The van der Waals surface area contributed by atoms with Crippen LogP contribution in [0.1, 0.15) is 28.4 Å². The number of rotatable bonds is 5. The Hall–Kier alpha value is -1.39. The van der Waals surface area contributed by atoms with E-state index < -0.39 is 12.1 Å². The van der Waals surface area contributed by atoms with Gasteiger partial charge < -0.3 is 15.5 Å². The Bertz CT molecular complexity index is 392. The van der Waals surface area contributed by atoms with Crippen molar-refractivity contribution in [2.24, 2.45) is 0 Å². The lowest BCUT2D eigenvalue weighted by Gasteiger charge is -2.17. The third kappa shape index (κ3) is 3.84. The van der Waals surface area contributed by atoms with Crippen LogP contribution in [-0.4, -0.2) is 29.3 Å². The zero-order chi connectivity index (χ0) is 13.0. The number of benzene rings is 1. The fourth-order valence-electron chi connectivity index (χ4n) is 2.13. The summed E-state index contributed by atoms with van der Waals surface area (Å²) >= 11 is 0. The van der Waals surface area contributed by atoms with Gasteiger partial charge in [-0.25, -0.2) is 0 Å². The van der Waals surface area contributed by atoms with Crippen molar-refractivity contribution in [1.82, 2.24) is 5.32 Å². The lowest BCUT2D eigenvalue weighted by atomic mass is 9.95. The number of carbonyl (C=O) groups is 1. The van der Waals surface area contributed by atoms with E-state index in [0.29, 0.717) is 0 Å². The predicted octanol–water partition coefficient (Wildman–Crippen LogP) is 1.32. The van der Waals surface area contributed by atoms with E-state index in [-0.39, 0.29) is 13.1 Å². The molecule has 1 aromatic carbocycles. The molecule has 0 saturated heterocycles. The Morgan fingerprint density at radius 1 is 1.29 bits per heavy atom. The maximum Gasteiger partial charge on any atom is 0.317 e. The molecule has 3 N–H and O–H groups in total. The second kappa shape index (κ2) is 5.80. The molecule has 1 atom stereocenters. The highest BCUT2D eigenvalue weighted by Crippen LogP contribution is 2.22. The van der Waals surface area contributed by atoms with Gasteiger partial charge in [-0.3, -0.25) is 4.79 Å². The molecule has 0 spiro atoms. The van der Waals surface area contributed by atoms with Crippen LogP contribution in [0.4, 0.5) is 0 Å². The van der Waals surface area contributed by atoms with Gasteiger partial charge in [-0.2, -0.15) is 0 Å². The Labute approximate surface area is 101 Å². The van der Waals surface area contributed by atoms with Crippen molar-refractivity contribution in [3.8, 4) is 0 Å². The number of aryl methyl sites for hydroxylation is 3. The fourth-order valence-corrected chi connectivity index (χ4v) is 2.13. The average Bonchev–Trinajstić information content (AvgIpc) is 2.14. The van der Waals surface area contributed by atoms with Gasteiger partial charge in [0.15, 0.2) is 0 Å². The highest BCUT2D eigenvalue weighted by molar-refractivity contribution is 5.69. The molecule has 0 fully saturated rings. The summed E-state index contributed by atoms with van der Waals surface area (Å²) in [5.41, 5.74) is 4.11. The molecule has 4 heteroatoms. The lowest BCUT2D eigenvalue weighted by Crippen LogP contribution is -2.27. The SMILES string of the molecule is Cc1cc(C)c(C(O)CNCC(=O)O)c(C)c1. The molecule has 0 aliphatic rings. The molecule has 0 radical (unpaired) electrons. The van der Waals surface area contributed by atoms with Gasteiger partial charge in [0.05, 0.1) is 12.6 Å². The third-order valence-electron chi connectivity index (χ3n) is 2.69. The Morgan fingerprint density at radius 2 is 1.82 bits per heavy atom. The van der Waals surface area contributed by atoms with Crippen molar-refractivity contribution >= 4 is 5.97 Å². The Kier molecular flexibility index (Phi) is 4.66. The maximum atomic E-state index is 10.4. The van der Waals surface area contributed by atoms with Gasteiger partial charge >= 0.3 is 5.97 Å². The molecule has 0 amide bonds. The molecular formula is C13H19NO3. The van der Waals surface area contributed by atoms with E-state index in [1.54, 1.807) is 0 Å². The minimum Gasteiger partial charge on any atom is -0.480 e. The van der Waals surface area contributed by atoms with Crippen molar-refractivity contribution < 1.29 is 15.0 Å². The van der Waals surface area contributed by atoms with Crippen LogP contribution >= 0.6 is 0 Å². The predicted molar refractivity (Wildman–Crippen MR) is 66.1 cm³/mol. The van der Waals surface area contributed by atoms with E-state index >= 15 is 0 Å². The van der Waals surface area contributed by atoms with Gasteiger partial charge in [-0.1, -0.05) is 17.7 Å². The third-order valence-corrected chi connectivity index (χ3v) is 2.69. The second-order valence-electron chi connectivity index (χ2n) is 4.35. The van der Waals surface area contributed by atoms with Gasteiger partial charge in [0.2, 0.25) is 0 Å². The van der Waals surface area contributed by atoms with E-state index in [2.05, 4.69) is 5.32 Å². The molecule has 94 valence electrons.